The Kier molecular flexibility index (Phi) is 3.28. The largest absolute Gasteiger partial charge is 0.398 e. The number of aromatic nitrogens is 2. The molecule has 1 aromatic heterocycles. The highest BCUT2D eigenvalue weighted by atomic mass is 32.3. The first kappa shape index (κ1) is 10.8. The zero-order valence-electron chi connectivity index (χ0n) is 7.07. The van der Waals surface area contributed by atoms with Crippen LogP contribution in [0.15, 0.2) is 31.2 Å². The van der Waals surface area contributed by atoms with Gasteiger partial charge in [-0.25, -0.2) is 4.18 Å². The Morgan fingerprint density at radius 2 is 2.29 bits per heavy atom. The van der Waals surface area contributed by atoms with E-state index in [1.54, 1.807) is 0 Å². The van der Waals surface area contributed by atoms with Gasteiger partial charge >= 0.3 is 10.4 Å². The van der Waals surface area contributed by atoms with E-state index in [4.69, 9.17) is 4.55 Å². The zero-order valence-corrected chi connectivity index (χ0v) is 7.88. The van der Waals surface area contributed by atoms with Crippen LogP contribution in [0.3, 0.4) is 0 Å². The summed E-state index contributed by atoms with van der Waals surface area (Å²) in [4.78, 5) is 7.52. The maximum Gasteiger partial charge on any atom is 0.398 e. The van der Waals surface area contributed by atoms with Crippen LogP contribution in [-0.4, -0.2) is 22.9 Å². The van der Waals surface area contributed by atoms with E-state index in [-0.39, 0.29) is 5.69 Å². The summed E-state index contributed by atoms with van der Waals surface area (Å²) in [6, 6.07) is 0. The summed E-state index contributed by atoms with van der Waals surface area (Å²) in [5.41, 5.74) is 0.250. The molecule has 1 aromatic rings. The summed E-state index contributed by atoms with van der Waals surface area (Å²) in [5.74, 6) is 0. The fourth-order valence-corrected chi connectivity index (χ4v) is 1.24. The third kappa shape index (κ3) is 3.21. The van der Waals surface area contributed by atoms with Crippen molar-refractivity contribution in [2.24, 2.45) is 0 Å². The highest BCUT2D eigenvalue weighted by molar-refractivity contribution is 7.80. The molecule has 7 heteroatoms. The third-order valence-corrected chi connectivity index (χ3v) is 1.76. The molecule has 0 radical (unpaired) electrons. The van der Waals surface area contributed by atoms with Gasteiger partial charge in [-0.3, -0.25) is 14.5 Å². The summed E-state index contributed by atoms with van der Waals surface area (Å²) >= 11 is 0. The summed E-state index contributed by atoms with van der Waals surface area (Å²) in [7, 11) is -4.52. The van der Waals surface area contributed by atoms with Crippen molar-refractivity contribution in [3.05, 3.63) is 36.9 Å². The van der Waals surface area contributed by atoms with Crippen LogP contribution in [0, 0.1) is 0 Å². The summed E-state index contributed by atoms with van der Waals surface area (Å²) in [6.07, 6.45) is 4.28. The molecule has 1 N–H and O–H groups in total. The van der Waals surface area contributed by atoms with Gasteiger partial charge in [0.25, 0.3) is 0 Å². The van der Waals surface area contributed by atoms with Gasteiger partial charge in [0.05, 0.1) is 11.9 Å². The lowest BCUT2D eigenvalue weighted by atomic mass is 10.3. The minimum absolute atomic E-state index is 0.250. The number of nitrogens with zero attached hydrogens (tertiary/aromatic N) is 2. The Morgan fingerprint density at radius 1 is 1.57 bits per heavy atom. The Labute approximate surface area is 81.2 Å². The van der Waals surface area contributed by atoms with E-state index in [0.717, 1.165) is 0 Å². The van der Waals surface area contributed by atoms with Gasteiger partial charge in [-0.15, -0.1) is 6.58 Å². The van der Waals surface area contributed by atoms with Crippen LogP contribution < -0.4 is 0 Å². The molecule has 1 atom stereocenters. The smallest absolute Gasteiger partial charge is 0.264 e. The van der Waals surface area contributed by atoms with Gasteiger partial charge < -0.3 is 0 Å². The van der Waals surface area contributed by atoms with Crippen LogP contribution in [0.2, 0.25) is 0 Å². The van der Waals surface area contributed by atoms with Gasteiger partial charge in [-0.05, 0) is 0 Å². The second-order valence-electron chi connectivity index (χ2n) is 2.31. The van der Waals surface area contributed by atoms with Crippen molar-refractivity contribution in [2.75, 3.05) is 0 Å². The van der Waals surface area contributed by atoms with Crippen LogP contribution in [0.25, 0.3) is 0 Å². The highest BCUT2D eigenvalue weighted by Gasteiger charge is 2.16. The molecule has 6 nitrogen and oxygen atoms in total. The SMILES string of the molecule is C=CC(OS(=O)(=O)O)c1cnccn1. The van der Waals surface area contributed by atoms with Crippen molar-refractivity contribution in [3.63, 3.8) is 0 Å². The highest BCUT2D eigenvalue weighted by Crippen LogP contribution is 2.16. The molecule has 0 saturated carbocycles. The van der Waals surface area contributed by atoms with Gasteiger partial charge in [0.1, 0.15) is 6.10 Å². The normalized spacial score (nSPS) is 13.5. The number of rotatable bonds is 4. The molecular weight excluding hydrogens is 208 g/mol. The monoisotopic (exact) mass is 216 g/mol. The second kappa shape index (κ2) is 4.27. The average molecular weight is 216 g/mol. The standard InChI is InChI=1S/C7H8N2O4S/c1-2-7(13-14(10,11)12)6-5-8-3-4-9-6/h2-5,7H,1H2,(H,10,11,12). The maximum atomic E-state index is 10.4. The first-order chi connectivity index (χ1) is 6.53. The zero-order chi connectivity index (χ0) is 10.6. The van der Waals surface area contributed by atoms with E-state index < -0.39 is 16.5 Å². The second-order valence-corrected chi connectivity index (χ2v) is 3.36. The van der Waals surface area contributed by atoms with Crippen LogP contribution in [-0.2, 0) is 14.6 Å². The Hall–Kier alpha value is -1.31. The van der Waals surface area contributed by atoms with Crippen LogP contribution in [0.1, 0.15) is 11.8 Å². The van der Waals surface area contributed by atoms with Crippen molar-refractivity contribution in [2.45, 2.75) is 6.10 Å². The number of hydrogen-bond acceptors (Lipinski definition) is 5. The fourth-order valence-electron chi connectivity index (χ4n) is 0.798. The van der Waals surface area contributed by atoms with Crippen LogP contribution in [0.4, 0.5) is 0 Å². The molecule has 1 unspecified atom stereocenters. The molecule has 0 aliphatic carbocycles. The Balaban J connectivity index is 2.89. The minimum Gasteiger partial charge on any atom is -0.264 e. The van der Waals surface area contributed by atoms with Gasteiger partial charge in [0, 0.05) is 12.4 Å². The van der Waals surface area contributed by atoms with Crippen LogP contribution >= 0.6 is 0 Å². The molecule has 0 aliphatic rings. The van der Waals surface area contributed by atoms with Gasteiger partial charge in [-0.1, -0.05) is 6.08 Å². The molecule has 1 heterocycles. The first-order valence-electron chi connectivity index (χ1n) is 3.57. The molecule has 0 bridgehead atoms. The summed E-state index contributed by atoms with van der Waals surface area (Å²) < 4.78 is 33.5. The lowest BCUT2D eigenvalue weighted by Crippen LogP contribution is -2.10. The predicted octanol–water partition coefficient (Wildman–Crippen LogP) is 0.523. The van der Waals surface area contributed by atoms with Gasteiger partial charge in [-0.2, -0.15) is 8.42 Å². The quantitative estimate of drug-likeness (QED) is 0.583. The molecular formula is C7H8N2O4S. The molecule has 1 rings (SSSR count). The molecule has 0 aliphatic heterocycles. The Morgan fingerprint density at radius 3 is 2.71 bits per heavy atom. The molecule has 0 spiro atoms. The van der Waals surface area contributed by atoms with Crippen LogP contribution in [0.5, 0.6) is 0 Å². The van der Waals surface area contributed by atoms with E-state index in [1.165, 1.54) is 24.7 Å². The minimum atomic E-state index is -4.52. The molecule has 0 aromatic carbocycles. The lowest BCUT2D eigenvalue weighted by Gasteiger charge is -2.08. The average Bonchev–Trinajstić information content (AvgIpc) is 2.14. The first-order valence-corrected chi connectivity index (χ1v) is 4.93. The van der Waals surface area contributed by atoms with E-state index >= 15 is 0 Å². The van der Waals surface area contributed by atoms with Crippen molar-refractivity contribution >= 4 is 10.4 Å². The lowest BCUT2D eigenvalue weighted by molar-refractivity contribution is 0.219. The summed E-state index contributed by atoms with van der Waals surface area (Å²) in [6.45, 7) is 3.35. The molecule has 14 heavy (non-hydrogen) atoms. The molecule has 0 fully saturated rings. The maximum absolute atomic E-state index is 10.4. The van der Waals surface area contributed by atoms with E-state index in [0.29, 0.717) is 0 Å². The van der Waals surface area contributed by atoms with E-state index in [1.807, 2.05) is 0 Å². The molecule has 0 saturated heterocycles. The number of hydrogen-bond donors (Lipinski definition) is 1. The topological polar surface area (TPSA) is 89.4 Å². The fraction of sp³-hybridized carbons (Fsp3) is 0.143. The van der Waals surface area contributed by atoms with Crippen molar-refractivity contribution in [3.8, 4) is 0 Å². The van der Waals surface area contributed by atoms with E-state index in [9.17, 15) is 8.42 Å². The van der Waals surface area contributed by atoms with Gasteiger partial charge in [0.15, 0.2) is 0 Å². The van der Waals surface area contributed by atoms with E-state index in [2.05, 4.69) is 20.7 Å². The summed E-state index contributed by atoms with van der Waals surface area (Å²) in [5, 5.41) is 0. The molecule has 0 amide bonds. The van der Waals surface area contributed by atoms with Gasteiger partial charge in [0.2, 0.25) is 0 Å². The van der Waals surface area contributed by atoms with Crippen molar-refractivity contribution in [1.29, 1.82) is 0 Å². The molecule has 76 valence electrons. The van der Waals surface area contributed by atoms with Crippen molar-refractivity contribution in [1.82, 2.24) is 9.97 Å². The predicted molar refractivity (Wildman–Crippen MR) is 47.6 cm³/mol. The Bertz CT molecular complexity index is 403. The third-order valence-electron chi connectivity index (χ3n) is 1.31. The van der Waals surface area contributed by atoms with Crippen molar-refractivity contribution < 1.29 is 17.2 Å².